The maximum atomic E-state index is 13.0. The highest BCUT2D eigenvalue weighted by molar-refractivity contribution is 7.13. The summed E-state index contributed by atoms with van der Waals surface area (Å²) >= 11 is 1.31. The Balaban J connectivity index is 1.95. The average Bonchev–Trinajstić information content (AvgIpc) is 2.86. The molecule has 0 spiro atoms. The van der Waals surface area contributed by atoms with Crippen LogP contribution in [0.1, 0.15) is 23.0 Å². The van der Waals surface area contributed by atoms with Crippen molar-refractivity contribution in [1.82, 2.24) is 4.98 Å². The molecule has 0 saturated carbocycles. The summed E-state index contributed by atoms with van der Waals surface area (Å²) in [5.41, 5.74) is 1.10. The molecule has 1 aromatic carbocycles. The molecule has 0 aliphatic rings. The second-order valence-corrected chi connectivity index (χ2v) is 4.60. The van der Waals surface area contributed by atoms with Crippen LogP contribution in [0.15, 0.2) is 29.6 Å². The van der Waals surface area contributed by atoms with Crippen LogP contribution in [0.25, 0.3) is 0 Å². The van der Waals surface area contributed by atoms with Crippen molar-refractivity contribution in [3.63, 3.8) is 0 Å². The van der Waals surface area contributed by atoms with Crippen molar-refractivity contribution in [3.05, 3.63) is 46.7 Å². The van der Waals surface area contributed by atoms with Crippen LogP contribution in [0.2, 0.25) is 0 Å². The van der Waals surface area contributed by atoms with Crippen molar-refractivity contribution >= 4 is 22.4 Å². The number of hydrogen-bond acceptors (Lipinski definition) is 5. The van der Waals surface area contributed by atoms with Gasteiger partial charge in [-0.3, -0.25) is 0 Å². The lowest BCUT2D eigenvalue weighted by atomic mass is 10.2. The van der Waals surface area contributed by atoms with Crippen molar-refractivity contribution in [1.29, 1.82) is 0 Å². The first-order valence-corrected chi connectivity index (χ1v) is 6.68. The van der Waals surface area contributed by atoms with E-state index < -0.39 is 5.97 Å². The van der Waals surface area contributed by atoms with E-state index in [1.54, 1.807) is 18.4 Å². The Morgan fingerprint density at radius 2 is 2.37 bits per heavy atom. The molecule has 2 aromatic rings. The zero-order valence-electron chi connectivity index (χ0n) is 10.4. The van der Waals surface area contributed by atoms with Crippen LogP contribution in [-0.2, 0) is 11.3 Å². The maximum Gasteiger partial charge on any atom is 0.357 e. The molecule has 1 heterocycles. The van der Waals surface area contributed by atoms with Gasteiger partial charge in [0.1, 0.15) is 5.82 Å². The molecule has 0 radical (unpaired) electrons. The van der Waals surface area contributed by atoms with E-state index in [0.29, 0.717) is 18.3 Å². The lowest BCUT2D eigenvalue weighted by molar-refractivity contribution is 0.0520. The van der Waals surface area contributed by atoms with Gasteiger partial charge in [-0.25, -0.2) is 14.2 Å². The normalized spacial score (nSPS) is 10.2. The number of rotatable bonds is 5. The third kappa shape index (κ3) is 3.75. The van der Waals surface area contributed by atoms with E-state index >= 15 is 0 Å². The number of anilines is 1. The summed E-state index contributed by atoms with van der Waals surface area (Å²) in [5.74, 6) is -0.705. The fourth-order valence-electron chi connectivity index (χ4n) is 1.48. The highest BCUT2D eigenvalue weighted by Crippen LogP contribution is 2.17. The minimum atomic E-state index is -0.433. The van der Waals surface area contributed by atoms with Crippen molar-refractivity contribution in [2.75, 3.05) is 11.9 Å². The molecule has 0 aliphatic heterocycles. The number of thiazole rings is 1. The summed E-state index contributed by atoms with van der Waals surface area (Å²) in [6, 6.07) is 6.31. The Morgan fingerprint density at radius 3 is 3.11 bits per heavy atom. The monoisotopic (exact) mass is 280 g/mol. The topological polar surface area (TPSA) is 51.2 Å². The Labute approximate surface area is 114 Å². The Kier molecular flexibility index (Phi) is 4.46. The van der Waals surface area contributed by atoms with Crippen LogP contribution in [0.4, 0.5) is 9.52 Å². The number of hydrogen-bond donors (Lipinski definition) is 1. The van der Waals surface area contributed by atoms with Crippen LogP contribution in [0.5, 0.6) is 0 Å². The Morgan fingerprint density at radius 1 is 1.53 bits per heavy atom. The minimum Gasteiger partial charge on any atom is -0.461 e. The van der Waals surface area contributed by atoms with Crippen LogP contribution in [-0.4, -0.2) is 17.6 Å². The van der Waals surface area contributed by atoms with Gasteiger partial charge in [-0.15, -0.1) is 11.3 Å². The second kappa shape index (κ2) is 6.29. The van der Waals surface area contributed by atoms with Gasteiger partial charge in [0.05, 0.1) is 6.61 Å². The number of carbonyl (C=O) groups is 1. The molecule has 0 bridgehead atoms. The Bertz CT molecular complexity index is 571. The molecule has 0 fully saturated rings. The number of nitrogens with zero attached hydrogens (tertiary/aromatic N) is 1. The number of esters is 1. The molecule has 4 nitrogen and oxygen atoms in total. The van der Waals surface area contributed by atoms with Gasteiger partial charge in [0.25, 0.3) is 0 Å². The first-order valence-electron chi connectivity index (χ1n) is 5.80. The van der Waals surface area contributed by atoms with Gasteiger partial charge in [0, 0.05) is 11.9 Å². The highest BCUT2D eigenvalue weighted by atomic mass is 32.1. The molecule has 0 aliphatic carbocycles. The van der Waals surface area contributed by atoms with Gasteiger partial charge in [-0.1, -0.05) is 12.1 Å². The first-order chi connectivity index (χ1) is 9.19. The van der Waals surface area contributed by atoms with E-state index in [0.717, 1.165) is 5.56 Å². The number of benzene rings is 1. The number of halogens is 1. The predicted molar refractivity (Wildman–Crippen MR) is 71.8 cm³/mol. The summed E-state index contributed by atoms with van der Waals surface area (Å²) < 4.78 is 17.8. The average molecular weight is 280 g/mol. The molecule has 1 N–H and O–H groups in total. The van der Waals surface area contributed by atoms with Gasteiger partial charge in [-0.2, -0.15) is 0 Å². The molecule has 0 unspecified atom stereocenters. The summed E-state index contributed by atoms with van der Waals surface area (Å²) in [5, 5.41) is 5.27. The molecular weight excluding hydrogens is 267 g/mol. The lowest BCUT2D eigenvalue weighted by Crippen LogP contribution is -2.05. The van der Waals surface area contributed by atoms with E-state index in [1.807, 2.05) is 6.07 Å². The van der Waals surface area contributed by atoms with Gasteiger partial charge in [0.2, 0.25) is 0 Å². The highest BCUT2D eigenvalue weighted by Gasteiger charge is 2.11. The third-order valence-corrected chi connectivity index (χ3v) is 3.12. The van der Waals surface area contributed by atoms with Gasteiger partial charge in [-0.05, 0) is 24.6 Å². The summed E-state index contributed by atoms with van der Waals surface area (Å²) in [4.78, 5) is 15.5. The fraction of sp³-hybridized carbons (Fsp3) is 0.231. The van der Waals surface area contributed by atoms with Gasteiger partial charge in [0.15, 0.2) is 10.8 Å². The second-order valence-electron chi connectivity index (χ2n) is 3.74. The van der Waals surface area contributed by atoms with Crippen molar-refractivity contribution in [2.45, 2.75) is 13.5 Å². The number of carbonyl (C=O) groups excluding carboxylic acids is 1. The summed E-state index contributed by atoms with van der Waals surface area (Å²) in [7, 11) is 0. The molecular formula is C13H13FN2O2S. The van der Waals surface area contributed by atoms with Crippen molar-refractivity contribution in [3.8, 4) is 0 Å². The van der Waals surface area contributed by atoms with Crippen LogP contribution < -0.4 is 5.32 Å². The quantitative estimate of drug-likeness (QED) is 0.855. The van der Waals surface area contributed by atoms with E-state index in [9.17, 15) is 9.18 Å². The molecule has 6 heteroatoms. The van der Waals surface area contributed by atoms with Gasteiger partial charge < -0.3 is 10.1 Å². The lowest BCUT2D eigenvalue weighted by Gasteiger charge is -2.02. The van der Waals surface area contributed by atoms with Crippen LogP contribution in [0.3, 0.4) is 0 Å². The van der Waals surface area contributed by atoms with E-state index in [2.05, 4.69) is 10.3 Å². The van der Waals surface area contributed by atoms with Crippen LogP contribution >= 0.6 is 11.3 Å². The fourth-order valence-corrected chi connectivity index (χ4v) is 2.16. The molecule has 100 valence electrons. The molecule has 0 atom stereocenters. The zero-order chi connectivity index (χ0) is 13.7. The molecule has 0 amide bonds. The van der Waals surface area contributed by atoms with Crippen molar-refractivity contribution < 1.29 is 13.9 Å². The molecule has 19 heavy (non-hydrogen) atoms. The molecule has 2 rings (SSSR count). The van der Waals surface area contributed by atoms with Crippen LogP contribution in [0, 0.1) is 5.82 Å². The van der Waals surface area contributed by atoms with E-state index in [-0.39, 0.29) is 11.5 Å². The minimum absolute atomic E-state index is 0.273. The smallest absolute Gasteiger partial charge is 0.357 e. The molecule has 0 saturated heterocycles. The standard InChI is InChI=1S/C13H13FN2O2S/c1-2-18-12(17)11-8-19-13(16-11)15-7-9-4-3-5-10(14)6-9/h3-6,8H,2,7H2,1H3,(H,15,16). The molecule has 1 aromatic heterocycles. The SMILES string of the molecule is CCOC(=O)c1csc(NCc2cccc(F)c2)n1. The van der Waals surface area contributed by atoms with E-state index in [1.165, 1.54) is 23.5 Å². The van der Waals surface area contributed by atoms with E-state index in [4.69, 9.17) is 4.74 Å². The largest absolute Gasteiger partial charge is 0.461 e. The number of aromatic nitrogens is 1. The maximum absolute atomic E-state index is 13.0. The number of nitrogens with one attached hydrogen (secondary N) is 1. The zero-order valence-corrected chi connectivity index (χ0v) is 11.2. The summed E-state index contributed by atoms with van der Waals surface area (Å²) in [6.45, 7) is 2.52. The first kappa shape index (κ1) is 13.5. The van der Waals surface area contributed by atoms with Crippen molar-refractivity contribution in [2.24, 2.45) is 0 Å². The third-order valence-electron chi connectivity index (χ3n) is 2.32. The van der Waals surface area contributed by atoms with Gasteiger partial charge >= 0.3 is 5.97 Å². The number of ether oxygens (including phenoxy) is 1. The predicted octanol–water partition coefficient (Wildman–Crippen LogP) is 3.07. The Hall–Kier alpha value is -1.95. The summed E-state index contributed by atoms with van der Waals surface area (Å²) in [6.07, 6.45) is 0.